The van der Waals surface area contributed by atoms with Gasteiger partial charge < -0.3 is 16.2 Å². The molecule has 0 radical (unpaired) electrons. The quantitative estimate of drug-likeness (QED) is 0.150. The summed E-state index contributed by atoms with van der Waals surface area (Å²) >= 11 is 0. The number of nitrogens with two attached hydrogens (primary N) is 1. The summed E-state index contributed by atoms with van der Waals surface area (Å²) in [5.74, 6) is 1.57. The Balaban J connectivity index is 0.00000114. The number of nitroso groups, excluding NO2 is 1. The van der Waals surface area contributed by atoms with E-state index in [0.29, 0.717) is 29.9 Å². The monoisotopic (exact) mass is 585 g/mol. The van der Waals surface area contributed by atoms with Crippen LogP contribution in [0.25, 0.3) is 0 Å². The Labute approximate surface area is 257 Å². The number of hydrogen-bond acceptors (Lipinski definition) is 5. The van der Waals surface area contributed by atoms with Crippen molar-refractivity contribution in [1.29, 1.82) is 0 Å². The number of amides is 1. The lowest BCUT2D eigenvalue weighted by molar-refractivity contribution is -0.179. The Bertz CT molecular complexity index is 1000. The van der Waals surface area contributed by atoms with E-state index >= 15 is 0 Å². The van der Waals surface area contributed by atoms with Crippen LogP contribution in [0.5, 0.6) is 0 Å². The molecule has 4 fully saturated rings. The van der Waals surface area contributed by atoms with E-state index in [2.05, 4.69) is 72.5 Å². The van der Waals surface area contributed by atoms with Gasteiger partial charge in [-0.3, -0.25) is 4.79 Å². The predicted octanol–water partition coefficient (Wildman–Crippen LogP) is 8.85. The molecule has 0 heterocycles. The number of aliphatic hydroxyl groups excluding tert-OH is 1. The minimum atomic E-state index is -0.442. The van der Waals surface area contributed by atoms with Gasteiger partial charge in [-0.2, -0.15) is 4.91 Å². The molecule has 4 N–H and O–H groups in total. The molecule has 1 amide bonds. The molecular formula is C36H63N3O3. The van der Waals surface area contributed by atoms with Crippen LogP contribution < -0.4 is 11.1 Å². The SMILES string of the molecule is C=C/C(=C\O)CNC(=O)C12CCCC1C(C)(N)C(C1(C)CCC3C(C)(C)C(N=O)CCC3(C)C1CC)CC2.CCCC. The van der Waals surface area contributed by atoms with Crippen LogP contribution in [0.3, 0.4) is 0 Å². The maximum Gasteiger partial charge on any atom is 0.226 e. The van der Waals surface area contributed by atoms with Crippen LogP contribution in [-0.2, 0) is 4.79 Å². The highest BCUT2D eigenvalue weighted by molar-refractivity contribution is 5.84. The summed E-state index contributed by atoms with van der Waals surface area (Å²) in [5.41, 5.74) is 7.36. The van der Waals surface area contributed by atoms with Gasteiger partial charge in [0.2, 0.25) is 5.91 Å². The first-order valence-corrected chi connectivity index (χ1v) is 17.1. The maximum atomic E-state index is 13.7. The van der Waals surface area contributed by atoms with E-state index in [9.17, 15) is 14.8 Å². The van der Waals surface area contributed by atoms with Crippen molar-refractivity contribution in [3.05, 3.63) is 29.4 Å². The lowest BCUT2D eigenvalue weighted by atomic mass is 9.38. The van der Waals surface area contributed by atoms with Crippen LogP contribution in [0.1, 0.15) is 132 Å². The third-order valence-corrected chi connectivity index (χ3v) is 13.4. The third kappa shape index (κ3) is 5.63. The van der Waals surface area contributed by atoms with E-state index in [4.69, 9.17) is 5.73 Å². The van der Waals surface area contributed by atoms with E-state index < -0.39 is 11.0 Å². The summed E-state index contributed by atoms with van der Waals surface area (Å²) in [4.78, 5) is 25.5. The molecule has 6 heteroatoms. The summed E-state index contributed by atoms with van der Waals surface area (Å²) in [6, 6.07) is -0.100. The first-order chi connectivity index (χ1) is 19.7. The first-order valence-electron chi connectivity index (χ1n) is 17.1. The highest BCUT2D eigenvalue weighted by Crippen LogP contribution is 2.70. The van der Waals surface area contributed by atoms with Gasteiger partial charge in [-0.15, -0.1) is 0 Å². The number of nitrogens with one attached hydrogen (secondary N) is 1. The molecule has 4 aliphatic rings. The molecule has 9 unspecified atom stereocenters. The molecule has 0 aliphatic heterocycles. The Kier molecular flexibility index (Phi) is 10.9. The van der Waals surface area contributed by atoms with Crippen LogP contribution in [-0.4, -0.2) is 29.1 Å². The molecule has 4 saturated carbocycles. The van der Waals surface area contributed by atoms with Gasteiger partial charge in [-0.05, 0) is 98.2 Å². The van der Waals surface area contributed by atoms with Crippen molar-refractivity contribution < 1.29 is 9.90 Å². The lowest BCUT2D eigenvalue weighted by Gasteiger charge is -2.67. The molecule has 6 nitrogen and oxygen atoms in total. The average Bonchev–Trinajstić information content (AvgIpc) is 3.40. The number of aliphatic hydroxyl groups is 1. The second-order valence-electron chi connectivity index (χ2n) is 15.7. The molecule has 0 aromatic heterocycles. The van der Waals surface area contributed by atoms with Crippen molar-refractivity contribution >= 4 is 5.91 Å². The number of unbranched alkanes of at least 4 members (excludes halogenated alkanes) is 1. The summed E-state index contributed by atoms with van der Waals surface area (Å²) in [5, 5.41) is 16.1. The van der Waals surface area contributed by atoms with Gasteiger partial charge in [0, 0.05) is 17.7 Å². The Morgan fingerprint density at radius 3 is 2.07 bits per heavy atom. The first kappa shape index (κ1) is 34.8. The topological polar surface area (TPSA) is 105 Å². The van der Waals surface area contributed by atoms with E-state index in [0.717, 1.165) is 70.5 Å². The van der Waals surface area contributed by atoms with E-state index in [1.165, 1.54) is 12.8 Å². The highest BCUT2D eigenvalue weighted by Gasteiger charge is 2.67. The van der Waals surface area contributed by atoms with E-state index in [1.807, 2.05) is 0 Å². The molecule has 0 aromatic carbocycles. The van der Waals surface area contributed by atoms with Crippen LogP contribution in [0.2, 0.25) is 0 Å². The maximum absolute atomic E-state index is 13.7. The van der Waals surface area contributed by atoms with Crippen molar-refractivity contribution in [3.63, 3.8) is 0 Å². The van der Waals surface area contributed by atoms with Crippen LogP contribution in [0.4, 0.5) is 0 Å². The minimum Gasteiger partial charge on any atom is -0.515 e. The van der Waals surface area contributed by atoms with Gasteiger partial charge in [0.15, 0.2) is 0 Å². The zero-order valence-electron chi connectivity index (χ0n) is 28.2. The zero-order valence-corrected chi connectivity index (χ0v) is 28.2. The van der Waals surface area contributed by atoms with Gasteiger partial charge >= 0.3 is 0 Å². The standard InChI is InChI=1S/C32H53N3O3.C4H10/c1-8-21(20-36)19-34-27(37)32-15-10-11-25(32)31(7,33)24(13-18-32)30(6)16-12-23-28(3,4)26(35-38)14-17-29(23,5)22(30)9-2;1-3-4-2/h8,20,22-26,36H,1,9-19,33H2,2-7H3,(H,34,37);3-4H2,1-2H3/b21-20+;. The molecule has 4 aliphatic carbocycles. The molecule has 0 spiro atoms. The van der Waals surface area contributed by atoms with Crippen molar-refractivity contribution in [2.75, 3.05) is 6.54 Å². The fourth-order valence-corrected chi connectivity index (χ4v) is 11.3. The Morgan fingerprint density at radius 2 is 1.52 bits per heavy atom. The van der Waals surface area contributed by atoms with Crippen molar-refractivity contribution in [2.24, 2.45) is 56.2 Å². The number of carbonyl (C=O) groups is 1. The zero-order chi connectivity index (χ0) is 31.6. The van der Waals surface area contributed by atoms with Gasteiger partial charge in [-0.25, -0.2) is 0 Å². The van der Waals surface area contributed by atoms with Crippen LogP contribution in [0.15, 0.2) is 29.7 Å². The van der Waals surface area contributed by atoms with Crippen molar-refractivity contribution in [3.8, 4) is 0 Å². The highest BCUT2D eigenvalue weighted by atomic mass is 16.3. The number of carbonyl (C=O) groups excluding carboxylic acids is 1. The molecule has 240 valence electrons. The number of hydrogen-bond donors (Lipinski definition) is 3. The minimum absolute atomic E-state index is 0.0852. The third-order valence-electron chi connectivity index (χ3n) is 13.4. The fraction of sp³-hybridized carbons (Fsp3) is 0.861. The van der Waals surface area contributed by atoms with Crippen LogP contribution >= 0.6 is 0 Å². The Morgan fingerprint density at radius 1 is 0.929 bits per heavy atom. The molecule has 0 bridgehead atoms. The summed E-state index contributed by atoms with van der Waals surface area (Å²) in [6.45, 7) is 22.6. The van der Waals surface area contributed by atoms with Crippen LogP contribution in [0, 0.1) is 50.2 Å². The Hall–Kier alpha value is -1.69. The molecule has 0 saturated heterocycles. The number of nitrogens with zero attached hydrogens (tertiary/aromatic N) is 1. The number of fused-ring (bicyclic) bond motifs is 2. The molecule has 9 atom stereocenters. The summed E-state index contributed by atoms with van der Waals surface area (Å²) in [6.07, 6.45) is 15.3. The number of rotatable bonds is 8. The molecule has 42 heavy (non-hydrogen) atoms. The molecule has 4 rings (SSSR count). The molecule has 0 aromatic rings. The fourth-order valence-electron chi connectivity index (χ4n) is 11.3. The molecular weight excluding hydrogens is 522 g/mol. The average molecular weight is 586 g/mol. The summed E-state index contributed by atoms with van der Waals surface area (Å²) < 4.78 is 0. The van der Waals surface area contributed by atoms with Gasteiger partial charge in [-0.1, -0.05) is 92.0 Å². The van der Waals surface area contributed by atoms with Crippen molar-refractivity contribution in [2.45, 2.75) is 144 Å². The van der Waals surface area contributed by atoms with E-state index in [1.54, 1.807) is 6.08 Å². The van der Waals surface area contributed by atoms with Gasteiger partial charge in [0.25, 0.3) is 0 Å². The van der Waals surface area contributed by atoms with E-state index in [-0.39, 0.29) is 34.1 Å². The largest absolute Gasteiger partial charge is 0.515 e. The van der Waals surface area contributed by atoms with Crippen molar-refractivity contribution in [1.82, 2.24) is 5.32 Å². The lowest BCUT2D eigenvalue weighted by Crippen LogP contribution is -2.68. The van der Waals surface area contributed by atoms with Gasteiger partial charge in [0.1, 0.15) is 0 Å². The summed E-state index contributed by atoms with van der Waals surface area (Å²) in [7, 11) is 0. The predicted molar refractivity (Wildman–Crippen MR) is 175 cm³/mol. The van der Waals surface area contributed by atoms with Gasteiger partial charge in [0.05, 0.1) is 17.7 Å². The second kappa shape index (κ2) is 13.1. The second-order valence-corrected chi connectivity index (χ2v) is 15.7. The smallest absolute Gasteiger partial charge is 0.226 e. The normalized spacial score (nSPS) is 42.8.